The quantitative estimate of drug-likeness (QED) is 0.908. The van der Waals surface area contributed by atoms with Gasteiger partial charge in [0.15, 0.2) is 0 Å². The normalized spacial score (nSPS) is 12.2. The number of nitrogens with one attached hydrogen (secondary N) is 1. The average Bonchev–Trinajstić information content (AvgIpc) is 2.47. The molecule has 0 heterocycles. The first kappa shape index (κ1) is 16.4. The summed E-state index contributed by atoms with van der Waals surface area (Å²) in [5, 5.41) is 2.92. The van der Waals surface area contributed by atoms with Crippen LogP contribution in [-0.2, 0) is 16.6 Å². The molecule has 1 amide bonds. The van der Waals surface area contributed by atoms with E-state index in [0.29, 0.717) is 17.2 Å². The minimum atomic E-state index is -0.916. The Morgan fingerprint density at radius 2 is 1.86 bits per heavy atom. The average molecular weight is 315 g/mol. The zero-order valence-corrected chi connectivity index (χ0v) is 13.9. The minimum absolute atomic E-state index is 0.148. The summed E-state index contributed by atoms with van der Waals surface area (Å²) < 4.78 is 11.3. The minimum Gasteiger partial charge on any atom is -0.322 e. The van der Waals surface area contributed by atoms with Gasteiger partial charge in [0.2, 0.25) is 0 Å². The summed E-state index contributed by atoms with van der Waals surface area (Å²) in [5.74, 6) is 0.730. The molecule has 2 aromatic rings. The number of rotatable bonds is 5. The van der Waals surface area contributed by atoms with E-state index in [0.717, 1.165) is 11.3 Å². The molecule has 1 unspecified atom stereocenters. The fourth-order valence-electron chi connectivity index (χ4n) is 2.22. The largest absolute Gasteiger partial charge is 0.322 e. The fourth-order valence-corrected chi connectivity index (χ4v) is 2.86. The molecule has 0 radical (unpaired) electrons. The summed E-state index contributed by atoms with van der Waals surface area (Å²) in [6.07, 6.45) is 1.66. The van der Waals surface area contributed by atoms with Crippen LogP contribution in [0.5, 0.6) is 0 Å². The van der Waals surface area contributed by atoms with Crippen molar-refractivity contribution in [2.45, 2.75) is 25.5 Å². The second kappa shape index (κ2) is 7.36. The molecule has 0 spiro atoms. The number of carbonyl (C=O) groups excluding carboxylic acids is 1. The maximum absolute atomic E-state index is 12.3. The SMILES string of the molecule is CC(C)c1cccc(NC(=O)c2cccc(CS(C)=O)c2)c1. The Morgan fingerprint density at radius 3 is 2.55 bits per heavy atom. The molecule has 1 atom stereocenters. The first-order valence-corrected chi connectivity index (χ1v) is 8.98. The highest BCUT2D eigenvalue weighted by Gasteiger charge is 2.08. The lowest BCUT2D eigenvalue weighted by Gasteiger charge is -2.10. The third-order valence-corrected chi connectivity index (χ3v) is 4.11. The molecule has 3 nitrogen and oxygen atoms in total. The van der Waals surface area contributed by atoms with Gasteiger partial charge in [0.1, 0.15) is 0 Å². The smallest absolute Gasteiger partial charge is 0.255 e. The lowest BCUT2D eigenvalue weighted by Crippen LogP contribution is -2.12. The topological polar surface area (TPSA) is 46.2 Å². The Balaban J connectivity index is 2.15. The zero-order valence-electron chi connectivity index (χ0n) is 13.1. The van der Waals surface area contributed by atoms with Crippen LogP contribution in [0.15, 0.2) is 48.5 Å². The Morgan fingerprint density at radius 1 is 1.14 bits per heavy atom. The molecule has 0 aromatic heterocycles. The lowest BCUT2D eigenvalue weighted by molar-refractivity contribution is 0.102. The van der Waals surface area contributed by atoms with Gasteiger partial charge in [-0.25, -0.2) is 0 Å². The van der Waals surface area contributed by atoms with E-state index < -0.39 is 10.8 Å². The molecule has 22 heavy (non-hydrogen) atoms. The third kappa shape index (κ3) is 4.53. The van der Waals surface area contributed by atoms with Crippen LogP contribution in [0.4, 0.5) is 5.69 Å². The number of anilines is 1. The van der Waals surface area contributed by atoms with Gasteiger partial charge in [-0.05, 0) is 41.3 Å². The van der Waals surface area contributed by atoms with E-state index in [4.69, 9.17) is 0 Å². The Bertz CT molecular complexity index is 695. The van der Waals surface area contributed by atoms with E-state index >= 15 is 0 Å². The number of hydrogen-bond acceptors (Lipinski definition) is 2. The highest BCUT2D eigenvalue weighted by molar-refractivity contribution is 7.83. The van der Waals surface area contributed by atoms with Crippen molar-refractivity contribution in [1.82, 2.24) is 0 Å². The van der Waals surface area contributed by atoms with E-state index in [1.54, 1.807) is 18.4 Å². The van der Waals surface area contributed by atoms with Crippen molar-refractivity contribution in [2.75, 3.05) is 11.6 Å². The van der Waals surface area contributed by atoms with Gasteiger partial charge in [0.25, 0.3) is 5.91 Å². The van der Waals surface area contributed by atoms with Crippen LogP contribution in [0, 0.1) is 0 Å². The van der Waals surface area contributed by atoms with Crippen LogP contribution >= 0.6 is 0 Å². The number of benzene rings is 2. The zero-order chi connectivity index (χ0) is 16.1. The molecule has 2 aromatic carbocycles. The van der Waals surface area contributed by atoms with Gasteiger partial charge in [-0.3, -0.25) is 9.00 Å². The Labute approximate surface area is 134 Å². The van der Waals surface area contributed by atoms with Crippen LogP contribution < -0.4 is 5.32 Å². The van der Waals surface area contributed by atoms with E-state index in [1.807, 2.05) is 30.3 Å². The van der Waals surface area contributed by atoms with Gasteiger partial charge in [-0.15, -0.1) is 0 Å². The first-order valence-electron chi connectivity index (χ1n) is 7.26. The number of amides is 1. The monoisotopic (exact) mass is 315 g/mol. The van der Waals surface area contributed by atoms with Gasteiger partial charge in [-0.1, -0.05) is 38.1 Å². The summed E-state index contributed by atoms with van der Waals surface area (Å²) in [6, 6.07) is 15.1. The van der Waals surface area contributed by atoms with Crippen LogP contribution in [0.1, 0.15) is 41.3 Å². The summed E-state index contributed by atoms with van der Waals surface area (Å²) in [4.78, 5) is 12.3. The Kier molecular flexibility index (Phi) is 5.50. The molecule has 0 aliphatic carbocycles. The highest BCUT2D eigenvalue weighted by atomic mass is 32.2. The molecular formula is C18H21NO2S. The van der Waals surface area contributed by atoms with Crippen molar-refractivity contribution in [3.8, 4) is 0 Å². The van der Waals surface area contributed by atoms with Crippen LogP contribution in [0.25, 0.3) is 0 Å². The molecule has 1 N–H and O–H groups in total. The molecule has 0 aliphatic heterocycles. The summed E-state index contributed by atoms with van der Waals surface area (Å²) in [7, 11) is -0.916. The number of carbonyl (C=O) groups is 1. The number of hydrogen-bond donors (Lipinski definition) is 1. The predicted octanol–water partition coefficient (Wildman–Crippen LogP) is 3.94. The van der Waals surface area contributed by atoms with Gasteiger partial charge in [0.05, 0.1) is 0 Å². The third-order valence-electron chi connectivity index (χ3n) is 3.37. The second-order valence-corrected chi connectivity index (χ2v) is 7.09. The fraction of sp³-hybridized carbons (Fsp3) is 0.278. The van der Waals surface area contributed by atoms with E-state index in [2.05, 4.69) is 25.2 Å². The molecule has 4 heteroatoms. The molecule has 0 bridgehead atoms. The maximum atomic E-state index is 12.3. The van der Waals surface area contributed by atoms with Gasteiger partial charge < -0.3 is 5.32 Å². The van der Waals surface area contributed by atoms with E-state index in [1.165, 1.54) is 5.56 Å². The van der Waals surface area contributed by atoms with Crippen molar-refractivity contribution in [3.63, 3.8) is 0 Å². The molecule has 2 rings (SSSR count). The summed E-state index contributed by atoms with van der Waals surface area (Å²) in [6.45, 7) is 4.24. The first-order chi connectivity index (χ1) is 10.5. The van der Waals surface area contributed by atoms with Crippen LogP contribution in [-0.4, -0.2) is 16.4 Å². The van der Waals surface area contributed by atoms with Gasteiger partial charge in [-0.2, -0.15) is 0 Å². The van der Waals surface area contributed by atoms with E-state index in [-0.39, 0.29) is 5.91 Å². The molecule has 0 aliphatic rings. The van der Waals surface area contributed by atoms with Gasteiger partial charge >= 0.3 is 0 Å². The maximum Gasteiger partial charge on any atom is 0.255 e. The molecule has 0 saturated heterocycles. The van der Waals surface area contributed by atoms with Crippen molar-refractivity contribution in [3.05, 3.63) is 65.2 Å². The van der Waals surface area contributed by atoms with Crippen molar-refractivity contribution in [1.29, 1.82) is 0 Å². The van der Waals surface area contributed by atoms with Gasteiger partial charge in [0, 0.05) is 34.1 Å². The molecular weight excluding hydrogens is 294 g/mol. The van der Waals surface area contributed by atoms with Crippen LogP contribution in [0.2, 0.25) is 0 Å². The lowest BCUT2D eigenvalue weighted by atomic mass is 10.0. The summed E-state index contributed by atoms with van der Waals surface area (Å²) >= 11 is 0. The molecule has 116 valence electrons. The van der Waals surface area contributed by atoms with Crippen molar-refractivity contribution in [2.24, 2.45) is 0 Å². The van der Waals surface area contributed by atoms with Crippen molar-refractivity contribution < 1.29 is 9.00 Å². The molecule has 0 saturated carbocycles. The Hall–Kier alpha value is -1.94. The summed E-state index contributed by atoms with van der Waals surface area (Å²) in [5.41, 5.74) is 3.47. The van der Waals surface area contributed by atoms with Crippen molar-refractivity contribution >= 4 is 22.4 Å². The second-order valence-electron chi connectivity index (χ2n) is 5.65. The standard InChI is InChI=1S/C18H21NO2S/c1-13(2)15-7-5-9-17(11-15)19-18(20)16-8-4-6-14(10-16)12-22(3)21/h4-11,13H,12H2,1-3H3,(H,19,20). The van der Waals surface area contributed by atoms with Crippen LogP contribution in [0.3, 0.4) is 0 Å². The highest BCUT2D eigenvalue weighted by Crippen LogP contribution is 2.19. The van der Waals surface area contributed by atoms with E-state index in [9.17, 15) is 9.00 Å². The predicted molar refractivity (Wildman–Crippen MR) is 92.7 cm³/mol. The molecule has 0 fully saturated rings.